The molecule has 2 fully saturated rings. The van der Waals surface area contributed by atoms with Gasteiger partial charge in [-0.25, -0.2) is 22.0 Å². The lowest BCUT2D eigenvalue weighted by atomic mass is 10.0. The van der Waals surface area contributed by atoms with E-state index in [9.17, 15) is 8.78 Å². The summed E-state index contributed by atoms with van der Waals surface area (Å²) in [6.07, 6.45) is 5.92. The fourth-order valence-electron chi connectivity index (χ4n) is 6.32. The molecule has 0 amide bonds. The molecule has 2 atom stereocenters. The Labute approximate surface area is 249 Å². The van der Waals surface area contributed by atoms with Crippen molar-refractivity contribution in [3.8, 4) is 0 Å². The van der Waals surface area contributed by atoms with Crippen LogP contribution >= 0.6 is 16.1 Å². The maximum absolute atomic E-state index is 15.7. The highest BCUT2D eigenvalue weighted by Crippen LogP contribution is 2.77. The van der Waals surface area contributed by atoms with E-state index in [2.05, 4.69) is 53.0 Å². The van der Waals surface area contributed by atoms with E-state index in [1.165, 1.54) is 35.4 Å². The van der Waals surface area contributed by atoms with Gasteiger partial charge in [0, 0.05) is 48.2 Å². The van der Waals surface area contributed by atoms with Crippen molar-refractivity contribution in [2.45, 2.75) is 69.7 Å². The van der Waals surface area contributed by atoms with Gasteiger partial charge >= 0.3 is 0 Å². The second-order valence-corrected chi connectivity index (χ2v) is 15.3. The third-order valence-electron chi connectivity index (χ3n) is 8.09. The molecule has 2 aliphatic rings. The summed E-state index contributed by atoms with van der Waals surface area (Å²) in [4.78, 5) is 0. The second kappa shape index (κ2) is 14.3. The van der Waals surface area contributed by atoms with Crippen molar-refractivity contribution >= 4 is 26.8 Å². The molecule has 4 aromatic carbocycles. The van der Waals surface area contributed by atoms with Gasteiger partial charge in [-0.05, 0) is 69.1 Å². The zero-order valence-electron chi connectivity index (χ0n) is 24.1. The van der Waals surface area contributed by atoms with Crippen molar-refractivity contribution in [2.24, 2.45) is 0 Å². The molecular weight excluding hydrogens is 572 g/mol. The van der Waals surface area contributed by atoms with Crippen LogP contribution < -0.4 is 10.6 Å². The summed E-state index contributed by atoms with van der Waals surface area (Å²) in [5.41, 5.74) is 2.89. The Bertz CT molecular complexity index is 1350. The van der Waals surface area contributed by atoms with Gasteiger partial charge in [-0.3, -0.25) is 0 Å². The average molecular weight is 610 g/mol. The van der Waals surface area contributed by atoms with Crippen LogP contribution in [0.15, 0.2) is 97.1 Å². The predicted octanol–water partition coefficient (Wildman–Crippen LogP) is 10.5. The Morgan fingerprint density at radius 1 is 0.595 bits per heavy atom. The van der Waals surface area contributed by atoms with E-state index in [0.717, 1.165) is 50.7 Å². The molecule has 42 heavy (non-hydrogen) atoms. The minimum Gasteiger partial charge on any atom is -0.248 e. The SMILES string of the molecule is CC.Fc1ccc(P(c2ccc(F)cc2F)N(C2CCCC2)P2[C@@H](c3ccccc3)CC[C@@H]2c2ccccc2)c(F)c1. The predicted molar refractivity (Wildman–Crippen MR) is 169 cm³/mol. The molecule has 0 N–H and O–H groups in total. The fraction of sp³-hybridized carbons (Fsp3) is 0.314. The van der Waals surface area contributed by atoms with Crippen LogP contribution in [0.5, 0.6) is 0 Å². The van der Waals surface area contributed by atoms with Crippen LogP contribution in [0.2, 0.25) is 0 Å². The molecule has 0 unspecified atom stereocenters. The van der Waals surface area contributed by atoms with Crippen LogP contribution in [-0.4, -0.2) is 10.5 Å². The molecule has 0 radical (unpaired) electrons. The molecule has 0 aromatic heterocycles. The number of halogens is 4. The zero-order chi connectivity index (χ0) is 29.6. The van der Waals surface area contributed by atoms with Crippen molar-refractivity contribution in [3.05, 3.63) is 131 Å². The van der Waals surface area contributed by atoms with Crippen LogP contribution in [0.25, 0.3) is 0 Å². The van der Waals surface area contributed by atoms with E-state index in [0.29, 0.717) is 10.6 Å². The maximum Gasteiger partial charge on any atom is 0.135 e. The quantitative estimate of drug-likeness (QED) is 0.149. The van der Waals surface area contributed by atoms with Crippen molar-refractivity contribution in [1.29, 1.82) is 0 Å². The van der Waals surface area contributed by atoms with Crippen LogP contribution in [0.1, 0.15) is 74.8 Å². The number of hydrogen-bond donors (Lipinski definition) is 0. The molecule has 1 nitrogen and oxygen atoms in total. The van der Waals surface area contributed by atoms with Gasteiger partial charge < -0.3 is 0 Å². The number of rotatable bonds is 7. The van der Waals surface area contributed by atoms with E-state index in [1.807, 2.05) is 26.0 Å². The van der Waals surface area contributed by atoms with Gasteiger partial charge in [0.05, 0.1) is 0 Å². The largest absolute Gasteiger partial charge is 0.248 e. The summed E-state index contributed by atoms with van der Waals surface area (Å²) >= 11 is 0. The van der Waals surface area contributed by atoms with E-state index >= 15 is 8.78 Å². The van der Waals surface area contributed by atoms with E-state index < -0.39 is 39.4 Å². The second-order valence-electron chi connectivity index (χ2n) is 10.6. The van der Waals surface area contributed by atoms with Gasteiger partial charge in [0.25, 0.3) is 0 Å². The summed E-state index contributed by atoms with van der Waals surface area (Å²) < 4.78 is 62.2. The third-order valence-corrected chi connectivity index (χ3v) is 14.8. The Kier molecular flexibility index (Phi) is 10.5. The van der Waals surface area contributed by atoms with Crippen molar-refractivity contribution in [3.63, 3.8) is 0 Å². The van der Waals surface area contributed by atoms with Gasteiger partial charge in [0.15, 0.2) is 0 Å². The van der Waals surface area contributed by atoms with Crippen LogP contribution in [0.4, 0.5) is 17.6 Å². The van der Waals surface area contributed by atoms with Crippen molar-refractivity contribution in [2.75, 3.05) is 0 Å². The van der Waals surface area contributed by atoms with Crippen LogP contribution in [0, 0.1) is 23.3 Å². The molecule has 1 aliphatic heterocycles. The van der Waals surface area contributed by atoms with Crippen molar-refractivity contribution < 1.29 is 17.6 Å². The first-order chi connectivity index (χ1) is 20.5. The zero-order valence-corrected chi connectivity index (χ0v) is 25.9. The summed E-state index contributed by atoms with van der Waals surface area (Å²) in [5, 5.41) is 0.587. The van der Waals surface area contributed by atoms with Gasteiger partial charge in [-0.2, -0.15) is 0 Å². The van der Waals surface area contributed by atoms with Gasteiger partial charge in [0.1, 0.15) is 23.3 Å². The normalized spacial score (nSPS) is 19.3. The summed E-state index contributed by atoms with van der Waals surface area (Å²) in [7, 11) is -2.74. The van der Waals surface area contributed by atoms with Crippen LogP contribution in [0.3, 0.4) is 0 Å². The number of nitrogens with zero attached hydrogens (tertiary/aromatic N) is 1. The summed E-state index contributed by atoms with van der Waals surface area (Å²) in [6, 6.07) is 28.3. The molecule has 6 rings (SSSR count). The first kappa shape index (κ1) is 30.9. The Morgan fingerprint density at radius 2 is 1.02 bits per heavy atom. The van der Waals surface area contributed by atoms with Gasteiger partial charge in [-0.1, -0.05) is 87.4 Å². The number of benzene rings is 4. The fourth-order valence-corrected chi connectivity index (χ4v) is 14.1. The summed E-state index contributed by atoms with van der Waals surface area (Å²) in [5.74, 6) is -2.70. The topological polar surface area (TPSA) is 3.24 Å². The lowest BCUT2D eigenvalue weighted by Crippen LogP contribution is -2.35. The van der Waals surface area contributed by atoms with Gasteiger partial charge in [0.2, 0.25) is 0 Å². The molecule has 1 saturated carbocycles. The Hall–Kier alpha value is -2.58. The standard InChI is InChI=1S/C33H31F4NP2.C2H6/c34-25-15-17-32(28(36)21-25)40(33-18-16-26(35)22-29(33)37)38(27-13-7-8-14-27)39-30(23-9-3-1-4-10-23)19-20-31(39)24-11-5-2-6-12-24;1-2/h1-6,9-12,15-18,21-22,27,30-31H,7-8,13-14,19-20H2;1-2H3/t30-,31-;/m1./s1. The average Bonchev–Trinajstić information content (AvgIpc) is 3.70. The highest BCUT2D eigenvalue weighted by atomic mass is 31.2. The van der Waals surface area contributed by atoms with E-state index in [-0.39, 0.29) is 17.4 Å². The minimum atomic E-state index is -1.76. The number of hydrogen-bond acceptors (Lipinski definition) is 1. The molecule has 0 bridgehead atoms. The Morgan fingerprint density at radius 3 is 1.43 bits per heavy atom. The molecule has 220 valence electrons. The molecule has 0 spiro atoms. The molecule has 1 heterocycles. The molecular formula is C35H37F4NP2. The van der Waals surface area contributed by atoms with Crippen LogP contribution in [-0.2, 0) is 0 Å². The highest BCUT2D eigenvalue weighted by molar-refractivity contribution is 7.79. The maximum atomic E-state index is 15.7. The lowest BCUT2D eigenvalue weighted by Gasteiger charge is -2.46. The monoisotopic (exact) mass is 609 g/mol. The summed E-state index contributed by atoms with van der Waals surface area (Å²) in [6.45, 7) is 4.00. The van der Waals surface area contributed by atoms with E-state index in [1.54, 1.807) is 0 Å². The van der Waals surface area contributed by atoms with E-state index in [4.69, 9.17) is 0 Å². The third kappa shape index (κ3) is 6.49. The van der Waals surface area contributed by atoms with Gasteiger partial charge in [-0.15, -0.1) is 0 Å². The highest BCUT2D eigenvalue weighted by Gasteiger charge is 2.48. The molecule has 1 saturated heterocycles. The molecule has 7 heteroatoms. The molecule has 1 aliphatic carbocycles. The first-order valence-corrected chi connectivity index (χ1v) is 17.6. The Balaban J connectivity index is 0.00000173. The lowest BCUT2D eigenvalue weighted by molar-refractivity contribution is 0.498. The molecule has 4 aromatic rings. The van der Waals surface area contributed by atoms with Crippen molar-refractivity contribution in [1.82, 2.24) is 4.44 Å². The smallest absolute Gasteiger partial charge is 0.135 e. The first-order valence-electron chi connectivity index (χ1n) is 14.9. The minimum absolute atomic E-state index is 0.127.